The smallest absolute Gasteiger partial charge is 0.210 e. The zero-order valence-corrected chi connectivity index (χ0v) is 13.6. The molecule has 0 radical (unpaired) electrons. The number of aromatic nitrogens is 1. The van der Waals surface area contributed by atoms with Crippen molar-refractivity contribution in [1.82, 2.24) is 9.88 Å². The van der Waals surface area contributed by atoms with Crippen LogP contribution in [0.3, 0.4) is 0 Å². The Bertz CT molecular complexity index is 465. The SMILES string of the molecule is CC(C)N(c1ncccc1C1CCCCN1C=O)C(C)C. The number of nitrogens with zero attached hydrogens (tertiary/aromatic N) is 3. The number of anilines is 1. The van der Waals surface area contributed by atoms with Crippen LogP contribution in [0.25, 0.3) is 0 Å². The van der Waals surface area contributed by atoms with Gasteiger partial charge in [0.25, 0.3) is 0 Å². The fourth-order valence-electron chi connectivity index (χ4n) is 3.38. The van der Waals surface area contributed by atoms with Gasteiger partial charge in [-0.1, -0.05) is 6.07 Å². The molecule has 1 aliphatic rings. The van der Waals surface area contributed by atoms with Gasteiger partial charge in [0.15, 0.2) is 0 Å². The van der Waals surface area contributed by atoms with Crippen LogP contribution in [0, 0.1) is 0 Å². The highest BCUT2D eigenvalue weighted by molar-refractivity contribution is 5.55. The second-order valence-electron chi connectivity index (χ2n) is 6.37. The highest BCUT2D eigenvalue weighted by Gasteiger charge is 2.28. The zero-order valence-electron chi connectivity index (χ0n) is 13.6. The van der Waals surface area contributed by atoms with Gasteiger partial charge in [0, 0.05) is 30.4 Å². The van der Waals surface area contributed by atoms with Crippen molar-refractivity contribution in [1.29, 1.82) is 0 Å². The van der Waals surface area contributed by atoms with Crippen LogP contribution in [0.1, 0.15) is 58.6 Å². The van der Waals surface area contributed by atoms with Gasteiger partial charge in [0.2, 0.25) is 6.41 Å². The van der Waals surface area contributed by atoms with E-state index in [4.69, 9.17) is 0 Å². The third-order valence-electron chi connectivity index (χ3n) is 4.21. The Balaban J connectivity index is 2.42. The number of hydrogen-bond donors (Lipinski definition) is 0. The lowest BCUT2D eigenvalue weighted by Gasteiger charge is -2.38. The number of rotatable bonds is 5. The molecule has 0 bridgehead atoms. The van der Waals surface area contributed by atoms with E-state index in [-0.39, 0.29) is 6.04 Å². The van der Waals surface area contributed by atoms with Crippen LogP contribution in [0.2, 0.25) is 0 Å². The molecule has 1 aromatic rings. The number of piperidine rings is 1. The number of carbonyl (C=O) groups is 1. The molecule has 1 fully saturated rings. The summed E-state index contributed by atoms with van der Waals surface area (Å²) in [5.74, 6) is 1.03. The summed E-state index contributed by atoms with van der Waals surface area (Å²) in [6.45, 7) is 9.62. The van der Waals surface area contributed by atoms with Crippen LogP contribution in [-0.2, 0) is 4.79 Å². The molecule has 2 rings (SSSR count). The first kappa shape index (κ1) is 15.8. The van der Waals surface area contributed by atoms with Crippen LogP contribution in [0.15, 0.2) is 18.3 Å². The van der Waals surface area contributed by atoms with Gasteiger partial charge in [-0.2, -0.15) is 0 Å². The second kappa shape index (κ2) is 6.92. The molecule has 0 saturated carbocycles. The molecule has 2 heterocycles. The zero-order chi connectivity index (χ0) is 15.4. The fraction of sp³-hybridized carbons (Fsp3) is 0.647. The highest BCUT2D eigenvalue weighted by Crippen LogP contribution is 2.35. The van der Waals surface area contributed by atoms with Crippen LogP contribution in [-0.4, -0.2) is 34.9 Å². The number of amides is 1. The van der Waals surface area contributed by atoms with Gasteiger partial charge in [0.1, 0.15) is 5.82 Å². The van der Waals surface area contributed by atoms with Gasteiger partial charge in [-0.3, -0.25) is 4.79 Å². The van der Waals surface area contributed by atoms with E-state index in [1.807, 2.05) is 17.2 Å². The predicted molar refractivity (Wildman–Crippen MR) is 86.4 cm³/mol. The standard InChI is InChI=1S/C17H27N3O/c1-13(2)20(14(3)4)17-15(8-7-10-18-17)16-9-5-6-11-19(16)12-21/h7-8,10,12-14,16H,5-6,9,11H2,1-4H3. The lowest BCUT2D eigenvalue weighted by atomic mass is 9.95. The Morgan fingerprint density at radius 2 is 2.00 bits per heavy atom. The molecule has 4 nitrogen and oxygen atoms in total. The Labute approximate surface area is 128 Å². The molecule has 21 heavy (non-hydrogen) atoms. The first-order chi connectivity index (χ1) is 10.1. The summed E-state index contributed by atoms with van der Waals surface area (Å²) >= 11 is 0. The topological polar surface area (TPSA) is 36.4 Å². The lowest BCUT2D eigenvalue weighted by molar-refractivity contribution is -0.121. The summed E-state index contributed by atoms with van der Waals surface area (Å²) in [4.78, 5) is 20.3. The van der Waals surface area contributed by atoms with E-state index in [0.29, 0.717) is 12.1 Å². The van der Waals surface area contributed by atoms with Crippen molar-refractivity contribution < 1.29 is 4.79 Å². The molecule has 0 N–H and O–H groups in total. The number of hydrogen-bond acceptors (Lipinski definition) is 3. The summed E-state index contributed by atoms with van der Waals surface area (Å²) in [6.07, 6.45) is 6.15. The van der Waals surface area contributed by atoms with Crippen molar-refractivity contribution in [3.63, 3.8) is 0 Å². The third kappa shape index (κ3) is 3.36. The Morgan fingerprint density at radius 3 is 2.62 bits per heavy atom. The molecule has 4 heteroatoms. The van der Waals surface area contributed by atoms with E-state index in [0.717, 1.165) is 31.6 Å². The molecular weight excluding hydrogens is 262 g/mol. The molecule has 0 spiro atoms. The van der Waals surface area contributed by atoms with Gasteiger partial charge in [0.05, 0.1) is 6.04 Å². The molecule has 1 unspecified atom stereocenters. The minimum atomic E-state index is 0.167. The van der Waals surface area contributed by atoms with E-state index in [1.54, 1.807) is 0 Å². The molecule has 1 atom stereocenters. The summed E-state index contributed by atoms with van der Waals surface area (Å²) in [7, 11) is 0. The van der Waals surface area contributed by atoms with Gasteiger partial charge in [-0.05, 0) is 53.0 Å². The molecular formula is C17H27N3O. The average molecular weight is 289 g/mol. The van der Waals surface area contributed by atoms with E-state index >= 15 is 0 Å². The molecule has 0 aromatic carbocycles. The van der Waals surface area contributed by atoms with Crippen LogP contribution in [0.4, 0.5) is 5.82 Å². The van der Waals surface area contributed by atoms with Crippen molar-refractivity contribution >= 4 is 12.2 Å². The number of pyridine rings is 1. The maximum atomic E-state index is 11.4. The van der Waals surface area contributed by atoms with Crippen molar-refractivity contribution in [3.05, 3.63) is 23.9 Å². The van der Waals surface area contributed by atoms with Crippen LogP contribution in [0.5, 0.6) is 0 Å². The Morgan fingerprint density at radius 1 is 1.29 bits per heavy atom. The maximum Gasteiger partial charge on any atom is 0.210 e. The van der Waals surface area contributed by atoms with Gasteiger partial charge in [-0.25, -0.2) is 4.98 Å². The second-order valence-corrected chi connectivity index (χ2v) is 6.37. The summed E-state index contributed by atoms with van der Waals surface area (Å²) in [5.41, 5.74) is 1.19. The van der Waals surface area contributed by atoms with E-state index < -0.39 is 0 Å². The minimum absolute atomic E-state index is 0.167. The number of likely N-dealkylation sites (tertiary alicyclic amines) is 1. The molecule has 1 saturated heterocycles. The van der Waals surface area contributed by atoms with Gasteiger partial charge in [-0.15, -0.1) is 0 Å². The molecule has 1 aliphatic heterocycles. The molecule has 0 aliphatic carbocycles. The largest absolute Gasteiger partial charge is 0.351 e. The first-order valence-electron chi connectivity index (χ1n) is 8.00. The first-order valence-corrected chi connectivity index (χ1v) is 8.00. The Kier molecular flexibility index (Phi) is 5.21. The molecule has 1 amide bonds. The average Bonchev–Trinajstić information content (AvgIpc) is 2.47. The maximum absolute atomic E-state index is 11.4. The Hall–Kier alpha value is -1.58. The van der Waals surface area contributed by atoms with Gasteiger partial charge >= 0.3 is 0 Å². The van der Waals surface area contributed by atoms with E-state index in [1.165, 1.54) is 12.0 Å². The lowest BCUT2D eigenvalue weighted by Crippen LogP contribution is -2.40. The highest BCUT2D eigenvalue weighted by atomic mass is 16.1. The van der Waals surface area contributed by atoms with E-state index in [2.05, 4.69) is 43.6 Å². The summed E-state index contributed by atoms with van der Waals surface area (Å²) in [6, 6.07) is 5.04. The quantitative estimate of drug-likeness (QED) is 0.780. The van der Waals surface area contributed by atoms with Crippen molar-refractivity contribution in [2.45, 2.75) is 65.1 Å². The van der Waals surface area contributed by atoms with E-state index in [9.17, 15) is 4.79 Å². The normalized spacial score (nSPS) is 19.1. The molecule has 1 aromatic heterocycles. The minimum Gasteiger partial charge on any atom is -0.351 e. The van der Waals surface area contributed by atoms with Crippen molar-refractivity contribution in [3.8, 4) is 0 Å². The predicted octanol–water partition coefficient (Wildman–Crippen LogP) is 3.39. The van der Waals surface area contributed by atoms with Gasteiger partial charge < -0.3 is 9.80 Å². The van der Waals surface area contributed by atoms with Crippen molar-refractivity contribution in [2.75, 3.05) is 11.4 Å². The summed E-state index contributed by atoms with van der Waals surface area (Å²) in [5, 5.41) is 0. The van der Waals surface area contributed by atoms with Crippen molar-refractivity contribution in [2.24, 2.45) is 0 Å². The number of carbonyl (C=O) groups excluding carboxylic acids is 1. The molecule has 116 valence electrons. The summed E-state index contributed by atoms with van der Waals surface area (Å²) < 4.78 is 0. The third-order valence-corrected chi connectivity index (χ3v) is 4.21. The monoisotopic (exact) mass is 289 g/mol. The van der Waals surface area contributed by atoms with Crippen LogP contribution < -0.4 is 4.90 Å². The van der Waals surface area contributed by atoms with Crippen LogP contribution >= 0.6 is 0 Å². The fourth-order valence-corrected chi connectivity index (χ4v) is 3.38.